The first kappa shape index (κ1) is 23.0. The number of guanidine groups is 1. The molecule has 0 rings (SSSR count). The minimum atomic E-state index is 0. The van der Waals surface area contributed by atoms with Gasteiger partial charge in [-0.05, 0) is 39.5 Å². The smallest absolute Gasteiger partial charge is 0.211 e. The van der Waals surface area contributed by atoms with Crippen molar-refractivity contribution in [2.75, 3.05) is 0 Å². The van der Waals surface area contributed by atoms with Gasteiger partial charge in [0.15, 0.2) is 0 Å². The Morgan fingerprint density at radius 2 is 1.42 bits per heavy atom. The molecule has 0 saturated heterocycles. The highest BCUT2D eigenvalue weighted by Gasteiger charge is 1.89. The molecule has 5 N–H and O–H groups in total. The molecule has 0 aliphatic rings. The summed E-state index contributed by atoms with van der Waals surface area (Å²) in [6, 6.07) is 0. The van der Waals surface area contributed by atoms with E-state index < -0.39 is 0 Å². The van der Waals surface area contributed by atoms with Gasteiger partial charge in [0.2, 0.25) is 5.96 Å². The highest BCUT2D eigenvalue weighted by molar-refractivity contribution is 5.85. The summed E-state index contributed by atoms with van der Waals surface area (Å²) >= 11 is 0. The fraction of sp³-hybridized carbons (Fsp3) is 0.769. The zero-order chi connectivity index (χ0) is 14.4. The number of unbranched alkanes of at least 4 members (excludes halogenated alkanes) is 2. The van der Waals surface area contributed by atoms with E-state index in [4.69, 9.17) is 16.9 Å². The van der Waals surface area contributed by atoms with Gasteiger partial charge >= 0.3 is 0 Å². The van der Waals surface area contributed by atoms with Crippen LogP contribution in [0.5, 0.6) is 0 Å². The molecule has 0 unspecified atom stereocenters. The highest BCUT2D eigenvalue weighted by Crippen LogP contribution is 1.96. The number of rotatable bonds is 7. The van der Waals surface area contributed by atoms with Crippen LogP contribution < -0.4 is 11.5 Å². The Labute approximate surface area is 123 Å². The van der Waals surface area contributed by atoms with E-state index in [1.54, 1.807) is 0 Å². The quantitative estimate of drug-likeness (QED) is 0.380. The Morgan fingerprint density at radius 3 is 1.74 bits per heavy atom. The van der Waals surface area contributed by atoms with E-state index in [0.717, 1.165) is 37.1 Å². The van der Waals surface area contributed by atoms with Gasteiger partial charge in [-0.15, -0.1) is 17.5 Å². The van der Waals surface area contributed by atoms with Crippen molar-refractivity contribution in [2.24, 2.45) is 21.7 Å². The third-order valence-corrected chi connectivity index (χ3v) is 2.13. The van der Waals surface area contributed by atoms with Crippen molar-refractivity contribution in [3.63, 3.8) is 0 Å². The van der Waals surface area contributed by atoms with Gasteiger partial charge in [0.25, 0.3) is 0 Å². The van der Waals surface area contributed by atoms with Crippen LogP contribution in [-0.4, -0.2) is 17.4 Å². The van der Waals surface area contributed by atoms with Crippen LogP contribution in [0.25, 0.3) is 0 Å². The van der Waals surface area contributed by atoms with Crippen molar-refractivity contribution < 1.29 is 0 Å². The maximum absolute atomic E-state index is 7.00. The molecule has 0 aromatic rings. The van der Waals surface area contributed by atoms with Crippen LogP contribution in [0.2, 0.25) is 0 Å². The van der Waals surface area contributed by atoms with Crippen molar-refractivity contribution in [1.29, 1.82) is 5.41 Å². The predicted molar refractivity (Wildman–Crippen MR) is 88.6 cm³/mol. The number of nitrogens with zero attached hydrogens (tertiary/aromatic N) is 2. The van der Waals surface area contributed by atoms with E-state index in [-0.39, 0.29) is 18.4 Å². The Morgan fingerprint density at radius 1 is 0.947 bits per heavy atom. The first-order chi connectivity index (χ1) is 8.43. The molecule has 0 radical (unpaired) electrons. The molecule has 0 atom stereocenters. The van der Waals surface area contributed by atoms with Crippen LogP contribution in [0.1, 0.15) is 66.2 Å². The Kier molecular flexibility index (Phi) is 20.5. The molecule has 0 aliphatic carbocycles. The average Bonchev–Trinajstić information content (AvgIpc) is 2.31. The molecule has 19 heavy (non-hydrogen) atoms. The van der Waals surface area contributed by atoms with Crippen molar-refractivity contribution in [2.45, 2.75) is 66.2 Å². The SMILES string of the molecule is CCCC/C(C)=N\N=C(N)N.CCCCC(C)=N.Cl. The largest absolute Gasteiger partial charge is 0.369 e. The fourth-order valence-electron chi connectivity index (χ4n) is 1.07. The zero-order valence-corrected chi connectivity index (χ0v) is 13.5. The molecule has 114 valence electrons. The van der Waals surface area contributed by atoms with Gasteiger partial charge < -0.3 is 16.9 Å². The van der Waals surface area contributed by atoms with Crippen LogP contribution in [0.15, 0.2) is 10.2 Å². The Balaban J connectivity index is -0.000000280. The lowest BCUT2D eigenvalue weighted by atomic mass is 10.2. The van der Waals surface area contributed by atoms with Crippen LogP contribution in [0, 0.1) is 5.41 Å². The molecule has 0 saturated carbocycles. The Hall–Kier alpha value is -1.10. The highest BCUT2D eigenvalue weighted by atomic mass is 35.5. The third-order valence-electron chi connectivity index (χ3n) is 2.13. The monoisotopic (exact) mass is 291 g/mol. The van der Waals surface area contributed by atoms with E-state index in [0.29, 0.717) is 0 Å². The van der Waals surface area contributed by atoms with Crippen molar-refractivity contribution >= 4 is 29.8 Å². The van der Waals surface area contributed by atoms with Crippen LogP contribution in [0.4, 0.5) is 0 Å². The summed E-state index contributed by atoms with van der Waals surface area (Å²) in [5.41, 5.74) is 12.0. The first-order valence-electron chi connectivity index (χ1n) is 6.60. The van der Waals surface area contributed by atoms with Gasteiger partial charge in [0, 0.05) is 11.4 Å². The van der Waals surface area contributed by atoms with Gasteiger partial charge in [-0.25, -0.2) is 0 Å². The molecule has 0 amide bonds. The fourth-order valence-corrected chi connectivity index (χ4v) is 1.07. The maximum atomic E-state index is 7.00. The zero-order valence-electron chi connectivity index (χ0n) is 12.7. The maximum Gasteiger partial charge on any atom is 0.211 e. The Bertz CT molecular complexity index is 270. The van der Waals surface area contributed by atoms with Gasteiger partial charge in [0.05, 0.1) is 0 Å². The van der Waals surface area contributed by atoms with E-state index in [1.807, 2.05) is 13.8 Å². The van der Waals surface area contributed by atoms with Crippen molar-refractivity contribution in [3.05, 3.63) is 0 Å². The summed E-state index contributed by atoms with van der Waals surface area (Å²) < 4.78 is 0. The second-order valence-corrected chi connectivity index (χ2v) is 4.35. The minimum Gasteiger partial charge on any atom is -0.369 e. The lowest BCUT2D eigenvalue weighted by molar-refractivity contribution is 0.830. The molecule has 6 heteroatoms. The van der Waals surface area contributed by atoms with E-state index in [2.05, 4.69) is 24.1 Å². The number of hydrogen-bond acceptors (Lipinski definition) is 3. The normalized spacial score (nSPS) is 9.79. The topological polar surface area (TPSA) is 101 Å². The molecule has 0 bridgehead atoms. The summed E-state index contributed by atoms with van der Waals surface area (Å²) in [7, 11) is 0. The number of nitrogens with one attached hydrogen (secondary N) is 1. The van der Waals surface area contributed by atoms with Crippen LogP contribution in [-0.2, 0) is 0 Å². The second-order valence-electron chi connectivity index (χ2n) is 4.35. The summed E-state index contributed by atoms with van der Waals surface area (Å²) in [4.78, 5) is 0. The molecular formula is C13H30ClN5. The first-order valence-corrected chi connectivity index (χ1v) is 6.60. The molecule has 0 spiro atoms. The third kappa shape index (κ3) is 26.5. The van der Waals surface area contributed by atoms with Gasteiger partial charge in [-0.1, -0.05) is 26.7 Å². The van der Waals surface area contributed by atoms with Crippen LogP contribution in [0.3, 0.4) is 0 Å². The molecule has 0 fully saturated rings. The number of halogens is 1. The lowest BCUT2D eigenvalue weighted by Gasteiger charge is -1.94. The van der Waals surface area contributed by atoms with Crippen LogP contribution >= 0.6 is 12.4 Å². The molecule has 0 aromatic heterocycles. The molecular weight excluding hydrogens is 262 g/mol. The van der Waals surface area contributed by atoms with E-state index in [1.165, 1.54) is 12.8 Å². The van der Waals surface area contributed by atoms with Gasteiger partial charge in [0.1, 0.15) is 0 Å². The number of hydrogen-bond donors (Lipinski definition) is 3. The summed E-state index contributed by atoms with van der Waals surface area (Å²) in [6.07, 6.45) is 6.62. The van der Waals surface area contributed by atoms with E-state index >= 15 is 0 Å². The van der Waals surface area contributed by atoms with Crippen molar-refractivity contribution in [1.82, 2.24) is 0 Å². The average molecular weight is 292 g/mol. The summed E-state index contributed by atoms with van der Waals surface area (Å²) in [6.45, 7) is 8.05. The second kappa shape index (κ2) is 16.9. The van der Waals surface area contributed by atoms with Crippen molar-refractivity contribution in [3.8, 4) is 0 Å². The van der Waals surface area contributed by atoms with E-state index in [9.17, 15) is 0 Å². The van der Waals surface area contributed by atoms with Gasteiger partial charge in [-0.2, -0.15) is 5.10 Å². The predicted octanol–water partition coefficient (Wildman–Crippen LogP) is 3.46. The summed E-state index contributed by atoms with van der Waals surface area (Å²) in [5, 5.41) is 14.4. The molecule has 5 nitrogen and oxygen atoms in total. The lowest BCUT2D eigenvalue weighted by Crippen LogP contribution is -2.22. The van der Waals surface area contributed by atoms with Gasteiger partial charge in [-0.3, -0.25) is 0 Å². The number of nitrogens with two attached hydrogens (primary N) is 2. The molecule has 0 heterocycles. The minimum absolute atomic E-state index is 0. The molecule has 0 aliphatic heterocycles. The standard InChI is InChI=1S/C7H16N4.C6H13N.ClH/c1-3-4-5-6(2)10-11-7(8)9;1-3-4-5-6(2)7;/h3-5H2,1-2H3,(H4,8,9,11);7H,3-5H2,1-2H3;1H/b10-6-;;. The summed E-state index contributed by atoms with van der Waals surface area (Å²) in [5.74, 6) is 0.0147. The molecule has 0 aromatic carbocycles.